The molecule has 1 aromatic heterocycles. The summed E-state index contributed by atoms with van der Waals surface area (Å²) < 4.78 is 5.77. The Morgan fingerprint density at radius 2 is 1.59 bits per heavy atom. The summed E-state index contributed by atoms with van der Waals surface area (Å²) in [4.78, 5) is 24.8. The van der Waals surface area contributed by atoms with Crippen LogP contribution in [0.3, 0.4) is 0 Å². The third-order valence-electron chi connectivity index (χ3n) is 7.92. The number of methoxy groups -OCH3 is 1. The predicted octanol–water partition coefficient (Wildman–Crippen LogP) is 5.87. The molecule has 39 heavy (non-hydrogen) atoms. The van der Waals surface area contributed by atoms with Gasteiger partial charge in [-0.15, -0.1) is 0 Å². The SMILES string of the molecule is COc1cc2c(cc1N1CCN(C)CC1)N(C(=O)Nc1cccc3c(-c4cc(C)nc(C)c4)cccc13)CC2. The molecule has 3 aromatic carbocycles. The summed E-state index contributed by atoms with van der Waals surface area (Å²) in [5.74, 6) is 0.878. The molecule has 0 aliphatic carbocycles. The van der Waals surface area contributed by atoms with Crippen molar-refractivity contribution in [3.63, 3.8) is 0 Å². The fourth-order valence-electron chi connectivity index (χ4n) is 5.92. The Labute approximate surface area is 230 Å². The summed E-state index contributed by atoms with van der Waals surface area (Å²) in [7, 11) is 3.88. The molecule has 0 spiro atoms. The highest BCUT2D eigenvalue weighted by atomic mass is 16.5. The fraction of sp³-hybridized carbons (Fsp3) is 0.312. The molecule has 0 radical (unpaired) electrons. The Morgan fingerprint density at radius 1 is 0.872 bits per heavy atom. The van der Waals surface area contributed by atoms with E-state index in [1.54, 1.807) is 7.11 Å². The molecule has 7 heteroatoms. The number of aromatic nitrogens is 1. The number of nitrogens with one attached hydrogen (secondary N) is 1. The number of benzene rings is 3. The van der Waals surface area contributed by atoms with Crippen LogP contribution < -0.4 is 19.9 Å². The number of urea groups is 1. The average molecular weight is 522 g/mol. The molecule has 0 atom stereocenters. The van der Waals surface area contributed by atoms with E-state index < -0.39 is 0 Å². The number of piperazine rings is 1. The summed E-state index contributed by atoms with van der Waals surface area (Å²) in [6, 6.07) is 20.7. The average Bonchev–Trinajstić information content (AvgIpc) is 3.35. The number of carbonyl (C=O) groups is 1. The Kier molecular flexibility index (Phi) is 6.61. The van der Waals surface area contributed by atoms with Crippen LogP contribution in [0.1, 0.15) is 17.0 Å². The van der Waals surface area contributed by atoms with Crippen LogP contribution in [0.15, 0.2) is 60.7 Å². The van der Waals surface area contributed by atoms with Crippen molar-refractivity contribution in [1.29, 1.82) is 0 Å². The molecule has 4 aromatic rings. The Morgan fingerprint density at radius 3 is 2.33 bits per heavy atom. The van der Waals surface area contributed by atoms with Gasteiger partial charge in [0.05, 0.1) is 24.2 Å². The number of likely N-dealkylation sites (N-methyl/N-ethyl adjacent to an activating group) is 1. The van der Waals surface area contributed by atoms with E-state index in [2.05, 4.69) is 75.7 Å². The zero-order chi connectivity index (χ0) is 27.1. The standard InChI is InChI=1S/C32H35N5O2/c1-21-17-24(18-22(2)33-21)25-7-5-9-27-26(25)8-6-10-28(27)34-32(38)37-12-11-23-19-31(39-4)30(20-29(23)37)36-15-13-35(3)14-16-36/h5-10,17-20H,11-16H2,1-4H3,(H,34,38). The van der Waals surface area contributed by atoms with Gasteiger partial charge in [-0.25, -0.2) is 4.79 Å². The molecule has 200 valence electrons. The molecule has 1 N–H and O–H groups in total. The molecule has 2 aliphatic rings. The summed E-state index contributed by atoms with van der Waals surface area (Å²) in [6.07, 6.45) is 0.808. The lowest BCUT2D eigenvalue weighted by Gasteiger charge is -2.35. The third kappa shape index (κ3) is 4.79. The van der Waals surface area contributed by atoms with Crippen molar-refractivity contribution in [2.75, 3.05) is 62.0 Å². The number of amides is 2. The minimum atomic E-state index is -0.114. The molecule has 0 saturated carbocycles. The number of anilines is 3. The van der Waals surface area contributed by atoms with Crippen molar-refractivity contribution in [3.8, 4) is 16.9 Å². The van der Waals surface area contributed by atoms with E-state index in [-0.39, 0.29) is 6.03 Å². The molecule has 1 saturated heterocycles. The van der Waals surface area contributed by atoms with Gasteiger partial charge in [0, 0.05) is 49.5 Å². The molecular weight excluding hydrogens is 486 g/mol. The van der Waals surface area contributed by atoms with Crippen LogP contribution in [0.4, 0.5) is 21.9 Å². The van der Waals surface area contributed by atoms with Crippen LogP contribution in [0.25, 0.3) is 21.9 Å². The van der Waals surface area contributed by atoms with Gasteiger partial charge in [-0.1, -0.05) is 30.3 Å². The maximum Gasteiger partial charge on any atom is 0.326 e. The molecule has 1 fully saturated rings. The van der Waals surface area contributed by atoms with E-state index in [1.165, 1.54) is 0 Å². The second-order valence-corrected chi connectivity index (χ2v) is 10.6. The van der Waals surface area contributed by atoms with Gasteiger partial charge in [0.1, 0.15) is 5.75 Å². The van der Waals surface area contributed by atoms with Gasteiger partial charge < -0.3 is 19.9 Å². The largest absolute Gasteiger partial charge is 0.495 e. The number of carbonyl (C=O) groups excluding carboxylic acids is 1. The van der Waals surface area contributed by atoms with Gasteiger partial charge in [0.15, 0.2) is 0 Å². The molecule has 0 bridgehead atoms. The first-order valence-corrected chi connectivity index (χ1v) is 13.6. The van der Waals surface area contributed by atoms with E-state index in [1.807, 2.05) is 30.9 Å². The minimum absolute atomic E-state index is 0.114. The predicted molar refractivity (Wildman–Crippen MR) is 159 cm³/mol. The zero-order valence-electron chi connectivity index (χ0n) is 23.1. The molecule has 0 unspecified atom stereocenters. The number of pyridine rings is 1. The van der Waals surface area contributed by atoms with Crippen molar-refractivity contribution in [2.24, 2.45) is 0 Å². The van der Waals surface area contributed by atoms with E-state index in [0.717, 1.165) is 94.3 Å². The fourth-order valence-corrected chi connectivity index (χ4v) is 5.92. The maximum absolute atomic E-state index is 13.7. The Hall–Kier alpha value is -4.10. The topological polar surface area (TPSA) is 60.9 Å². The lowest BCUT2D eigenvalue weighted by molar-refractivity contribution is 0.257. The molecule has 6 rings (SSSR count). The number of hydrogen-bond acceptors (Lipinski definition) is 5. The molecular formula is C32H35N5O2. The number of ether oxygens (including phenoxy) is 1. The monoisotopic (exact) mass is 521 g/mol. The molecule has 2 amide bonds. The van der Waals surface area contributed by atoms with Crippen LogP contribution in [-0.2, 0) is 6.42 Å². The van der Waals surface area contributed by atoms with Crippen LogP contribution in [-0.4, -0.2) is 62.8 Å². The first kappa shape index (κ1) is 25.2. The number of rotatable bonds is 4. The number of aryl methyl sites for hydroxylation is 2. The van der Waals surface area contributed by atoms with Crippen LogP contribution >= 0.6 is 0 Å². The Balaban J connectivity index is 1.31. The lowest BCUT2D eigenvalue weighted by atomic mass is 9.97. The van der Waals surface area contributed by atoms with Gasteiger partial charge in [-0.3, -0.25) is 9.88 Å². The smallest absolute Gasteiger partial charge is 0.326 e. The van der Waals surface area contributed by atoms with Gasteiger partial charge >= 0.3 is 6.03 Å². The van der Waals surface area contributed by atoms with E-state index in [4.69, 9.17) is 4.74 Å². The highest BCUT2D eigenvalue weighted by molar-refractivity contribution is 6.10. The van der Waals surface area contributed by atoms with E-state index in [0.29, 0.717) is 6.54 Å². The number of fused-ring (bicyclic) bond motifs is 2. The van der Waals surface area contributed by atoms with Gasteiger partial charge in [-0.2, -0.15) is 0 Å². The van der Waals surface area contributed by atoms with Crippen molar-refractivity contribution >= 4 is 33.9 Å². The second kappa shape index (κ2) is 10.2. The first-order chi connectivity index (χ1) is 18.9. The summed E-state index contributed by atoms with van der Waals surface area (Å²) in [5, 5.41) is 5.34. The highest BCUT2D eigenvalue weighted by Gasteiger charge is 2.29. The number of nitrogens with zero attached hydrogens (tertiary/aromatic N) is 4. The van der Waals surface area contributed by atoms with Gasteiger partial charge in [0.2, 0.25) is 0 Å². The quantitative estimate of drug-likeness (QED) is 0.364. The third-order valence-corrected chi connectivity index (χ3v) is 7.92. The lowest BCUT2D eigenvalue weighted by Crippen LogP contribution is -2.44. The summed E-state index contributed by atoms with van der Waals surface area (Å²) in [6.45, 7) is 8.57. The zero-order valence-corrected chi connectivity index (χ0v) is 23.1. The summed E-state index contributed by atoms with van der Waals surface area (Å²) in [5.41, 5.74) is 8.22. The van der Waals surface area contributed by atoms with Crippen molar-refractivity contribution in [3.05, 3.63) is 77.6 Å². The van der Waals surface area contributed by atoms with E-state index >= 15 is 0 Å². The Bertz CT molecular complexity index is 1540. The molecule has 7 nitrogen and oxygen atoms in total. The molecule has 3 heterocycles. The van der Waals surface area contributed by atoms with Crippen molar-refractivity contribution in [1.82, 2.24) is 9.88 Å². The van der Waals surface area contributed by atoms with Crippen LogP contribution in [0.2, 0.25) is 0 Å². The van der Waals surface area contributed by atoms with Crippen LogP contribution in [0.5, 0.6) is 5.75 Å². The maximum atomic E-state index is 13.7. The van der Waals surface area contributed by atoms with Gasteiger partial charge in [-0.05, 0) is 79.7 Å². The van der Waals surface area contributed by atoms with Gasteiger partial charge in [0.25, 0.3) is 0 Å². The second-order valence-electron chi connectivity index (χ2n) is 10.6. The van der Waals surface area contributed by atoms with Crippen LogP contribution in [0, 0.1) is 13.8 Å². The van der Waals surface area contributed by atoms with Crippen molar-refractivity contribution in [2.45, 2.75) is 20.3 Å². The van der Waals surface area contributed by atoms with E-state index in [9.17, 15) is 4.79 Å². The highest BCUT2D eigenvalue weighted by Crippen LogP contribution is 2.40. The number of hydrogen-bond donors (Lipinski definition) is 1. The summed E-state index contributed by atoms with van der Waals surface area (Å²) >= 11 is 0. The minimum Gasteiger partial charge on any atom is -0.495 e. The van der Waals surface area contributed by atoms with Crippen molar-refractivity contribution < 1.29 is 9.53 Å². The first-order valence-electron chi connectivity index (χ1n) is 13.6. The molecule has 2 aliphatic heterocycles. The normalized spacial score (nSPS) is 15.5.